The van der Waals surface area contributed by atoms with E-state index in [0.29, 0.717) is 37.4 Å². The Morgan fingerprint density at radius 3 is 2.54 bits per heavy atom. The second-order valence-electron chi connectivity index (χ2n) is 6.31. The minimum absolute atomic E-state index is 0.179. The monoisotopic (exact) mass is 478 g/mol. The number of carbonyl (C=O) groups excluding carboxylic acids is 1. The lowest BCUT2D eigenvalue weighted by atomic mass is 9.95. The van der Waals surface area contributed by atoms with Crippen molar-refractivity contribution in [2.45, 2.75) is 5.75 Å². The number of sulfone groups is 1. The van der Waals surface area contributed by atoms with E-state index in [4.69, 9.17) is 17.3 Å². The lowest BCUT2D eigenvalue weighted by Crippen LogP contribution is -2.13. The van der Waals surface area contributed by atoms with Gasteiger partial charge in [0.25, 0.3) is 0 Å². The summed E-state index contributed by atoms with van der Waals surface area (Å²) in [5, 5.41) is 0.509. The molecule has 1 amide bonds. The van der Waals surface area contributed by atoms with E-state index in [9.17, 15) is 13.2 Å². The fourth-order valence-corrected chi connectivity index (χ4v) is 4.75. The normalized spacial score (nSPS) is 11.4. The van der Waals surface area contributed by atoms with Gasteiger partial charge in [-0.25, -0.2) is 8.42 Å². The highest BCUT2D eigenvalue weighted by Crippen LogP contribution is 2.38. The Morgan fingerprint density at radius 1 is 1.18 bits per heavy atom. The predicted octanol–water partition coefficient (Wildman–Crippen LogP) is 4.48. The van der Waals surface area contributed by atoms with Gasteiger partial charge in [0.05, 0.1) is 17.0 Å². The summed E-state index contributed by atoms with van der Waals surface area (Å²) < 4.78 is 24.3. The summed E-state index contributed by atoms with van der Waals surface area (Å²) in [4.78, 5) is 16.1. The molecule has 3 rings (SSSR count). The number of carbonyl (C=O) groups is 1. The molecule has 2 aromatic carbocycles. The second kappa shape index (κ2) is 8.03. The number of nitrogens with two attached hydrogens (primary N) is 1. The molecule has 1 heterocycles. The molecule has 0 aliphatic rings. The topological polar surface area (TPSA) is 90.1 Å². The molecule has 0 saturated heterocycles. The van der Waals surface area contributed by atoms with Gasteiger partial charge < -0.3 is 5.73 Å². The molecule has 1 aromatic heterocycles. The first-order valence-electron chi connectivity index (χ1n) is 8.17. The van der Waals surface area contributed by atoms with Crippen molar-refractivity contribution < 1.29 is 13.2 Å². The van der Waals surface area contributed by atoms with Crippen LogP contribution in [0.15, 0.2) is 59.2 Å². The number of hydrogen-bond donors (Lipinski definition) is 1. The van der Waals surface area contributed by atoms with E-state index in [-0.39, 0.29) is 11.3 Å². The van der Waals surface area contributed by atoms with E-state index in [1.54, 1.807) is 30.5 Å². The summed E-state index contributed by atoms with van der Waals surface area (Å²) in [5.41, 5.74) is 8.93. The van der Waals surface area contributed by atoms with Gasteiger partial charge in [0.1, 0.15) is 0 Å². The smallest absolute Gasteiger partial charge is 0.249 e. The van der Waals surface area contributed by atoms with Crippen LogP contribution in [0.2, 0.25) is 5.02 Å². The molecule has 144 valence electrons. The maximum absolute atomic E-state index is 11.9. The van der Waals surface area contributed by atoms with Crippen LogP contribution in [0.1, 0.15) is 15.9 Å². The summed E-state index contributed by atoms with van der Waals surface area (Å²) in [6.07, 6.45) is 2.82. The predicted molar refractivity (Wildman–Crippen MR) is 115 cm³/mol. The molecule has 3 aromatic rings. The number of primary amides is 1. The fourth-order valence-electron chi connectivity index (χ4n) is 2.92. The number of amides is 1. The zero-order chi connectivity index (χ0) is 20.5. The average molecular weight is 480 g/mol. The molecule has 0 aliphatic carbocycles. The highest BCUT2D eigenvalue weighted by Gasteiger charge is 2.20. The van der Waals surface area contributed by atoms with Gasteiger partial charge in [-0.1, -0.05) is 29.8 Å². The minimum Gasteiger partial charge on any atom is -0.366 e. The van der Waals surface area contributed by atoms with Gasteiger partial charge >= 0.3 is 0 Å². The van der Waals surface area contributed by atoms with Crippen molar-refractivity contribution in [1.29, 1.82) is 0 Å². The Kier molecular flexibility index (Phi) is 5.88. The van der Waals surface area contributed by atoms with Gasteiger partial charge in [0.15, 0.2) is 9.84 Å². The van der Waals surface area contributed by atoms with Crippen LogP contribution in [0.4, 0.5) is 0 Å². The highest BCUT2D eigenvalue weighted by atomic mass is 79.9. The van der Waals surface area contributed by atoms with Crippen molar-refractivity contribution in [3.05, 3.63) is 75.4 Å². The SMILES string of the molecule is CS(=O)(=O)Cc1ccc(C(N)=O)c(Br)c1-c1ccc(Cl)c(-c2ccccn2)c1. The number of halogens is 2. The quantitative estimate of drug-likeness (QED) is 0.584. The van der Waals surface area contributed by atoms with Gasteiger partial charge in [-0.2, -0.15) is 0 Å². The molecule has 0 unspecified atom stereocenters. The number of pyridine rings is 1. The van der Waals surface area contributed by atoms with Crippen molar-refractivity contribution in [3.8, 4) is 22.4 Å². The van der Waals surface area contributed by atoms with Crippen molar-refractivity contribution in [1.82, 2.24) is 4.98 Å². The van der Waals surface area contributed by atoms with Crippen LogP contribution >= 0.6 is 27.5 Å². The Bertz CT molecular complexity index is 1170. The van der Waals surface area contributed by atoms with E-state index >= 15 is 0 Å². The lowest BCUT2D eigenvalue weighted by Gasteiger charge is -2.15. The van der Waals surface area contributed by atoms with E-state index < -0.39 is 15.7 Å². The van der Waals surface area contributed by atoms with Gasteiger partial charge in [-0.3, -0.25) is 9.78 Å². The molecule has 0 aliphatic heterocycles. The minimum atomic E-state index is -3.30. The standard InChI is InChI=1S/C20H16BrClN2O3S/c1-28(26,27)11-13-5-7-14(20(23)25)19(21)18(13)12-6-8-16(22)15(10-12)17-4-2-3-9-24-17/h2-10H,11H2,1H3,(H2,23,25). The first-order chi connectivity index (χ1) is 13.2. The molecule has 5 nitrogen and oxygen atoms in total. The number of nitrogens with zero attached hydrogens (tertiary/aromatic N) is 1. The van der Waals surface area contributed by atoms with Crippen LogP contribution < -0.4 is 5.73 Å². The third-order valence-corrected chi connectivity index (χ3v) is 6.10. The van der Waals surface area contributed by atoms with Crippen LogP contribution in [0.25, 0.3) is 22.4 Å². The summed E-state index contributed by atoms with van der Waals surface area (Å²) in [7, 11) is -3.30. The Hall–Kier alpha value is -2.22. The van der Waals surface area contributed by atoms with E-state index in [1.807, 2.05) is 18.2 Å². The summed E-state index contributed by atoms with van der Waals surface area (Å²) in [6, 6.07) is 13.9. The molecular formula is C20H16BrClN2O3S. The molecule has 0 bridgehead atoms. The van der Waals surface area contributed by atoms with Crippen molar-refractivity contribution in [2.75, 3.05) is 6.26 Å². The average Bonchev–Trinajstić information content (AvgIpc) is 2.62. The van der Waals surface area contributed by atoms with Crippen molar-refractivity contribution in [3.63, 3.8) is 0 Å². The van der Waals surface area contributed by atoms with Gasteiger partial charge in [0.2, 0.25) is 5.91 Å². The first kappa shape index (κ1) is 20.5. The lowest BCUT2D eigenvalue weighted by molar-refractivity contribution is 0.0999. The van der Waals surface area contributed by atoms with Crippen LogP contribution in [-0.2, 0) is 15.6 Å². The van der Waals surface area contributed by atoms with Crippen LogP contribution in [0.3, 0.4) is 0 Å². The molecule has 8 heteroatoms. The van der Waals surface area contributed by atoms with E-state index in [0.717, 1.165) is 6.26 Å². The Morgan fingerprint density at radius 2 is 1.93 bits per heavy atom. The number of hydrogen-bond acceptors (Lipinski definition) is 4. The van der Waals surface area contributed by atoms with Crippen LogP contribution in [0, 0.1) is 0 Å². The summed E-state index contributed by atoms with van der Waals surface area (Å²) in [5.74, 6) is -0.792. The van der Waals surface area contributed by atoms with Gasteiger partial charge in [0, 0.05) is 33.1 Å². The van der Waals surface area contributed by atoms with E-state index in [1.165, 1.54) is 6.07 Å². The third-order valence-electron chi connectivity index (χ3n) is 4.11. The zero-order valence-electron chi connectivity index (χ0n) is 14.8. The molecule has 0 saturated carbocycles. The summed E-state index contributed by atoms with van der Waals surface area (Å²) >= 11 is 9.80. The van der Waals surface area contributed by atoms with Crippen molar-refractivity contribution >= 4 is 43.3 Å². The molecule has 0 fully saturated rings. The largest absolute Gasteiger partial charge is 0.366 e. The maximum atomic E-state index is 11.9. The fraction of sp³-hybridized carbons (Fsp3) is 0.100. The molecule has 0 spiro atoms. The van der Waals surface area contributed by atoms with Gasteiger partial charge in [-0.15, -0.1) is 0 Å². The first-order valence-corrected chi connectivity index (χ1v) is 11.4. The van der Waals surface area contributed by atoms with Gasteiger partial charge in [-0.05, 0) is 57.4 Å². The Labute approximate surface area is 176 Å². The molecule has 0 atom stereocenters. The highest BCUT2D eigenvalue weighted by molar-refractivity contribution is 9.10. The molecule has 2 N–H and O–H groups in total. The second-order valence-corrected chi connectivity index (χ2v) is 9.65. The molecule has 28 heavy (non-hydrogen) atoms. The van der Waals surface area contributed by atoms with Crippen molar-refractivity contribution in [2.24, 2.45) is 5.73 Å². The summed E-state index contributed by atoms with van der Waals surface area (Å²) in [6.45, 7) is 0. The Balaban J connectivity index is 2.27. The third kappa shape index (κ3) is 4.43. The molecule has 0 radical (unpaired) electrons. The maximum Gasteiger partial charge on any atom is 0.249 e. The number of rotatable bonds is 5. The zero-order valence-corrected chi connectivity index (χ0v) is 18.0. The van der Waals surface area contributed by atoms with Crippen LogP contribution in [-0.4, -0.2) is 25.6 Å². The number of aromatic nitrogens is 1. The number of benzene rings is 2. The molecular weight excluding hydrogens is 464 g/mol. The van der Waals surface area contributed by atoms with Crippen LogP contribution in [0.5, 0.6) is 0 Å². The van der Waals surface area contributed by atoms with E-state index in [2.05, 4.69) is 20.9 Å².